The first-order valence-electron chi connectivity index (χ1n) is 5.75. The highest BCUT2D eigenvalue weighted by atomic mass is 16.4. The van der Waals surface area contributed by atoms with Crippen molar-refractivity contribution >= 4 is 11.7 Å². The molecule has 1 N–H and O–H groups in total. The van der Waals surface area contributed by atoms with E-state index >= 15 is 0 Å². The van der Waals surface area contributed by atoms with Crippen LogP contribution in [0.3, 0.4) is 0 Å². The van der Waals surface area contributed by atoms with E-state index < -0.39 is 11.4 Å². The summed E-state index contributed by atoms with van der Waals surface area (Å²) in [5, 5.41) is 9.12. The van der Waals surface area contributed by atoms with Crippen molar-refractivity contribution in [1.82, 2.24) is 0 Å². The summed E-state index contributed by atoms with van der Waals surface area (Å²) in [6.45, 7) is 8.08. The fraction of sp³-hybridized carbons (Fsp3) is 0.500. The minimum atomic E-state index is -0.770. The quantitative estimate of drug-likeness (QED) is 0.872. The van der Waals surface area contributed by atoms with Crippen LogP contribution >= 0.6 is 0 Å². The van der Waals surface area contributed by atoms with E-state index in [2.05, 4.69) is 18.2 Å². The first-order chi connectivity index (χ1) is 7.72. The van der Waals surface area contributed by atoms with E-state index in [4.69, 9.17) is 5.11 Å². The highest BCUT2D eigenvalue weighted by Crippen LogP contribution is 2.23. The summed E-state index contributed by atoms with van der Waals surface area (Å²) in [6.07, 6.45) is 0. The molecule has 0 amide bonds. The number of aryl methyl sites for hydroxylation is 2. The van der Waals surface area contributed by atoms with Gasteiger partial charge in [-0.15, -0.1) is 0 Å². The van der Waals surface area contributed by atoms with E-state index in [0.717, 1.165) is 5.69 Å². The normalized spacial score (nSPS) is 11.4. The van der Waals surface area contributed by atoms with Crippen LogP contribution in [0.25, 0.3) is 0 Å². The van der Waals surface area contributed by atoms with Gasteiger partial charge in [0.1, 0.15) is 0 Å². The number of rotatable bonds is 4. The molecule has 0 saturated heterocycles. The van der Waals surface area contributed by atoms with Gasteiger partial charge < -0.3 is 10.0 Å². The summed E-state index contributed by atoms with van der Waals surface area (Å²) in [5.41, 5.74) is 2.71. The Morgan fingerprint density at radius 3 is 2.12 bits per heavy atom. The number of anilines is 1. The highest BCUT2D eigenvalue weighted by Gasteiger charge is 2.28. The van der Waals surface area contributed by atoms with Gasteiger partial charge in [0.15, 0.2) is 0 Å². The molecule has 0 heterocycles. The van der Waals surface area contributed by atoms with E-state index in [1.807, 2.05) is 25.8 Å². The van der Waals surface area contributed by atoms with Gasteiger partial charge in [-0.2, -0.15) is 0 Å². The van der Waals surface area contributed by atoms with Crippen molar-refractivity contribution in [1.29, 1.82) is 0 Å². The predicted molar refractivity (Wildman–Crippen MR) is 70.6 cm³/mol. The zero-order chi connectivity index (χ0) is 13.2. The Hall–Kier alpha value is -1.51. The van der Waals surface area contributed by atoms with Crippen LogP contribution in [0.1, 0.15) is 25.0 Å². The fourth-order valence-electron chi connectivity index (χ4n) is 1.92. The largest absolute Gasteiger partial charge is 0.481 e. The average molecular weight is 235 g/mol. The van der Waals surface area contributed by atoms with E-state index in [9.17, 15) is 4.79 Å². The van der Waals surface area contributed by atoms with Crippen LogP contribution < -0.4 is 4.90 Å². The Kier molecular flexibility index (Phi) is 3.81. The molecule has 1 aromatic rings. The first-order valence-corrected chi connectivity index (χ1v) is 5.75. The lowest BCUT2D eigenvalue weighted by molar-refractivity contribution is -0.146. The van der Waals surface area contributed by atoms with Crippen molar-refractivity contribution in [2.45, 2.75) is 27.7 Å². The number of carboxylic acid groups (broad SMARTS) is 1. The third kappa shape index (κ3) is 3.48. The molecule has 0 radical (unpaired) electrons. The second-order valence-corrected chi connectivity index (χ2v) is 5.39. The molecule has 94 valence electrons. The Balaban J connectivity index is 2.90. The van der Waals surface area contributed by atoms with Crippen LogP contribution in [0.2, 0.25) is 0 Å². The summed E-state index contributed by atoms with van der Waals surface area (Å²) in [7, 11) is 1.93. The van der Waals surface area contributed by atoms with Crippen LogP contribution in [-0.4, -0.2) is 24.7 Å². The predicted octanol–water partition coefficient (Wildman–Crippen LogP) is 2.85. The maximum Gasteiger partial charge on any atom is 0.310 e. The molecule has 3 heteroatoms. The molecular weight excluding hydrogens is 214 g/mol. The van der Waals surface area contributed by atoms with Gasteiger partial charge in [0.05, 0.1) is 5.41 Å². The van der Waals surface area contributed by atoms with Gasteiger partial charge in [-0.05, 0) is 51.0 Å². The van der Waals surface area contributed by atoms with Gasteiger partial charge >= 0.3 is 5.97 Å². The molecular formula is C14H21NO2. The monoisotopic (exact) mass is 235 g/mol. The lowest BCUT2D eigenvalue weighted by Crippen LogP contribution is -2.37. The lowest BCUT2D eigenvalue weighted by atomic mass is 9.93. The summed E-state index contributed by atoms with van der Waals surface area (Å²) < 4.78 is 0. The Morgan fingerprint density at radius 2 is 1.71 bits per heavy atom. The van der Waals surface area contributed by atoms with Crippen LogP contribution in [-0.2, 0) is 4.79 Å². The van der Waals surface area contributed by atoms with Crippen LogP contribution in [0.15, 0.2) is 18.2 Å². The van der Waals surface area contributed by atoms with E-state index in [1.54, 1.807) is 13.8 Å². The highest BCUT2D eigenvalue weighted by molar-refractivity contribution is 5.74. The topological polar surface area (TPSA) is 40.5 Å². The number of benzene rings is 1. The summed E-state index contributed by atoms with van der Waals surface area (Å²) in [5.74, 6) is -0.770. The van der Waals surface area contributed by atoms with Gasteiger partial charge in [-0.25, -0.2) is 0 Å². The molecule has 0 unspecified atom stereocenters. The molecule has 0 fully saturated rings. The lowest BCUT2D eigenvalue weighted by Gasteiger charge is -2.28. The maximum atomic E-state index is 11.1. The smallest absolute Gasteiger partial charge is 0.310 e. The number of nitrogens with zero attached hydrogens (tertiary/aromatic N) is 1. The zero-order valence-electron chi connectivity index (χ0n) is 11.2. The molecule has 1 rings (SSSR count). The third-order valence-corrected chi connectivity index (χ3v) is 2.86. The van der Waals surface area contributed by atoms with Crippen molar-refractivity contribution in [3.8, 4) is 0 Å². The molecule has 3 nitrogen and oxygen atoms in total. The molecule has 1 aromatic carbocycles. The third-order valence-electron chi connectivity index (χ3n) is 2.86. The van der Waals surface area contributed by atoms with Gasteiger partial charge in [-0.3, -0.25) is 4.79 Å². The summed E-state index contributed by atoms with van der Waals surface area (Å²) in [4.78, 5) is 13.1. The SMILES string of the molecule is Cc1cc(C)cc(N(C)CC(C)(C)C(=O)O)c1. The molecule has 0 atom stereocenters. The minimum absolute atomic E-state index is 0.491. The van der Waals surface area contributed by atoms with Crippen molar-refractivity contribution in [3.63, 3.8) is 0 Å². The number of hydrogen-bond acceptors (Lipinski definition) is 2. The first kappa shape index (κ1) is 13.6. The van der Waals surface area contributed by atoms with Crippen molar-refractivity contribution in [3.05, 3.63) is 29.3 Å². The molecule has 0 aromatic heterocycles. The molecule has 0 aliphatic rings. The van der Waals surface area contributed by atoms with Crippen LogP contribution in [0.5, 0.6) is 0 Å². The zero-order valence-corrected chi connectivity index (χ0v) is 11.2. The molecule has 0 saturated carbocycles. The molecule has 0 spiro atoms. The van der Waals surface area contributed by atoms with Gasteiger partial charge in [-0.1, -0.05) is 6.07 Å². The van der Waals surface area contributed by atoms with Gasteiger partial charge in [0, 0.05) is 19.3 Å². The molecule has 17 heavy (non-hydrogen) atoms. The minimum Gasteiger partial charge on any atom is -0.481 e. The Bertz CT molecular complexity index is 404. The number of carbonyl (C=O) groups is 1. The van der Waals surface area contributed by atoms with Crippen molar-refractivity contribution < 1.29 is 9.90 Å². The van der Waals surface area contributed by atoms with E-state index in [0.29, 0.717) is 6.54 Å². The maximum absolute atomic E-state index is 11.1. The van der Waals surface area contributed by atoms with E-state index in [-0.39, 0.29) is 0 Å². The Morgan fingerprint density at radius 1 is 1.24 bits per heavy atom. The molecule has 0 aliphatic carbocycles. The Labute approximate surface area is 103 Å². The summed E-state index contributed by atoms with van der Waals surface area (Å²) >= 11 is 0. The standard InChI is InChI=1S/C14H21NO2/c1-10-6-11(2)8-12(7-10)15(5)9-14(3,4)13(16)17/h6-8H,9H2,1-5H3,(H,16,17). The van der Waals surface area contributed by atoms with Crippen molar-refractivity contribution in [2.75, 3.05) is 18.5 Å². The van der Waals surface area contributed by atoms with Gasteiger partial charge in [0.25, 0.3) is 0 Å². The fourth-order valence-corrected chi connectivity index (χ4v) is 1.92. The second kappa shape index (κ2) is 4.78. The van der Waals surface area contributed by atoms with Crippen LogP contribution in [0, 0.1) is 19.3 Å². The second-order valence-electron chi connectivity index (χ2n) is 5.39. The average Bonchev–Trinajstić information content (AvgIpc) is 2.15. The van der Waals surface area contributed by atoms with Crippen molar-refractivity contribution in [2.24, 2.45) is 5.41 Å². The van der Waals surface area contributed by atoms with Gasteiger partial charge in [0.2, 0.25) is 0 Å². The van der Waals surface area contributed by atoms with E-state index in [1.165, 1.54) is 11.1 Å². The number of hydrogen-bond donors (Lipinski definition) is 1. The molecule has 0 aliphatic heterocycles. The number of carboxylic acids is 1. The summed E-state index contributed by atoms with van der Waals surface area (Å²) in [6, 6.07) is 6.26. The number of aliphatic carboxylic acids is 1. The molecule has 0 bridgehead atoms. The van der Waals surface area contributed by atoms with Crippen LogP contribution in [0.4, 0.5) is 5.69 Å².